The van der Waals surface area contributed by atoms with Crippen LogP contribution >= 0.6 is 0 Å². The molecule has 0 heterocycles. The molecule has 2 atom stereocenters. The lowest BCUT2D eigenvalue weighted by atomic mass is 9.66. The van der Waals surface area contributed by atoms with Gasteiger partial charge in [0, 0.05) is 11.5 Å². The minimum absolute atomic E-state index is 0.0127. The van der Waals surface area contributed by atoms with Crippen molar-refractivity contribution in [3.05, 3.63) is 22.9 Å². The van der Waals surface area contributed by atoms with Crippen molar-refractivity contribution in [2.24, 2.45) is 11.3 Å². The van der Waals surface area contributed by atoms with Crippen molar-refractivity contribution in [1.29, 1.82) is 0 Å². The minimum atomic E-state index is -1.74. The van der Waals surface area contributed by atoms with Crippen molar-refractivity contribution in [3.8, 4) is 0 Å². The van der Waals surface area contributed by atoms with E-state index in [4.69, 9.17) is 14.2 Å². The van der Waals surface area contributed by atoms with Crippen LogP contribution in [0, 0.1) is 11.3 Å². The SMILES string of the molecule is COC1=C(OC)C(O)(C2=C(OC)C(C(C)(C)C)CCC2)C1=O. The molecule has 2 unspecified atom stereocenters. The monoisotopic (exact) mass is 310 g/mol. The van der Waals surface area contributed by atoms with E-state index in [1.807, 2.05) is 0 Å². The van der Waals surface area contributed by atoms with Crippen LogP contribution in [-0.2, 0) is 19.0 Å². The Morgan fingerprint density at radius 1 is 1.14 bits per heavy atom. The zero-order valence-electron chi connectivity index (χ0n) is 14.3. The first kappa shape index (κ1) is 16.9. The Hall–Kier alpha value is -1.49. The zero-order chi connectivity index (χ0) is 16.7. The van der Waals surface area contributed by atoms with Crippen LogP contribution in [0.1, 0.15) is 40.0 Å². The molecule has 5 heteroatoms. The van der Waals surface area contributed by atoms with E-state index in [1.165, 1.54) is 14.2 Å². The second kappa shape index (κ2) is 5.61. The number of rotatable bonds is 4. The number of ketones is 1. The third kappa shape index (κ3) is 2.22. The number of carbonyl (C=O) groups is 1. The van der Waals surface area contributed by atoms with Gasteiger partial charge < -0.3 is 19.3 Å². The molecule has 2 rings (SSSR count). The third-order valence-corrected chi connectivity index (χ3v) is 4.71. The van der Waals surface area contributed by atoms with E-state index in [-0.39, 0.29) is 22.9 Å². The Bertz CT molecular complexity index is 538. The van der Waals surface area contributed by atoms with Crippen molar-refractivity contribution in [1.82, 2.24) is 0 Å². The van der Waals surface area contributed by atoms with E-state index in [0.29, 0.717) is 17.8 Å². The number of carbonyl (C=O) groups excluding carboxylic acids is 1. The van der Waals surface area contributed by atoms with E-state index < -0.39 is 11.4 Å². The normalized spacial score (nSPS) is 29.4. The molecule has 5 nitrogen and oxygen atoms in total. The summed E-state index contributed by atoms with van der Waals surface area (Å²) in [6, 6.07) is 0. The van der Waals surface area contributed by atoms with Gasteiger partial charge in [-0.05, 0) is 24.7 Å². The highest BCUT2D eigenvalue weighted by molar-refractivity contribution is 6.12. The van der Waals surface area contributed by atoms with Crippen LogP contribution in [0.25, 0.3) is 0 Å². The fraction of sp³-hybridized carbons (Fsp3) is 0.706. The third-order valence-electron chi connectivity index (χ3n) is 4.71. The molecule has 0 fully saturated rings. The van der Waals surface area contributed by atoms with E-state index in [2.05, 4.69) is 20.8 Å². The topological polar surface area (TPSA) is 65.0 Å². The molecule has 0 aromatic carbocycles. The molecule has 0 saturated carbocycles. The molecule has 124 valence electrons. The largest absolute Gasteiger partial charge is 0.501 e. The summed E-state index contributed by atoms with van der Waals surface area (Å²) in [4.78, 5) is 12.4. The number of hydrogen-bond acceptors (Lipinski definition) is 5. The highest BCUT2D eigenvalue weighted by atomic mass is 16.5. The first-order valence-electron chi connectivity index (χ1n) is 7.60. The summed E-state index contributed by atoms with van der Waals surface area (Å²) in [5, 5.41) is 11.0. The zero-order valence-corrected chi connectivity index (χ0v) is 14.3. The summed E-state index contributed by atoms with van der Waals surface area (Å²) >= 11 is 0. The lowest BCUT2D eigenvalue weighted by Crippen LogP contribution is -2.55. The first-order valence-corrected chi connectivity index (χ1v) is 7.60. The molecule has 2 aliphatic rings. The predicted molar refractivity (Wildman–Crippen MR) is 81.8 cm³/mol. The number of Topliss-reactive ketones (excluding diaryl/α,β-unsaturated/α-hetero) is 1. The molecular formula is C17H26O5. The highest BCUT2D eigenvalue weighted by Crippen LogP contribution is 2.50. The van der Waals surface area contributed by atoms with Gasteiger partial charge >= 0.3 is 0 Å². The molecule has 0 spiro atoms. The summed E-state index contributed by atoms with van der Waals surface area (Å²) in [6.45, 7) is 6.42. The van der Waals surface area contributed by atoms with Gasteiger partial charge in [-0.2, -0.15) is 0 Å². The lowest BCUT2D eigenvalue weighted by molar-refractivity contribution is -0.141. The molecule has 0 radical (unpaired) electrons. The second-order valence-electron chi connectivity index (χ2n) is 6.96. The molecule has 0 aliphatic heterocycles. The Morgan fingerprint density at radius 2 is 1.77 bits per heavy atom. The summed E-state index contributed by atoms with van der Waals surface area (Å²) in [6.07, 6.45) is 2.49. The van der Waals surface area contributed by atoms with Gasteiger partial charge in [0.05, 0.1) is 21.3 Å². The van der Waals surface area contributed by atoms with Crippen LogP contribution in [0.3, 0.4) is 0 Å². The van der Waals surface area contributed by atoms with Crippen LogP contribution in [0.5, 0.6) is 0 Å². The molecule has 0 bridgehead atoms. The molecule has 1 N–H and O–H groups in total. The maximum absolute atomic E-state index is 12.4. The van der Waals surface area contributed by atoms with Gasteiger partial charge in [0.15, 0.2) is 5.76 Å². The van der Waals surface area contributed by atoms with Crippen LogP contribution in [0.4, 0.5) is 0 Å². The molecule has 2 aliphatic carbocycles. The second-order valence-corrected chi connectivity index (χ2v) is 6.96. The summed E-state index contributed by atoms with van der Waals surface area (Å²) in [5.74, 6) is 0.679. The van der Waals surface area contributed by atoms with Crippen molar-refractivity contribution in [2.75, 3.05) is 21.3 Å². The van der Waals surface area contributed by atoms with E-state index in [9.17, 15) is 9.90 Å². The van der Waals surface area contributed by atoms with Gasteiger partial charge in [-0.1, -0.05) is 20.8 Å². The summed E-state index contributed by atoms with van der Waals surface area (Å²) in [7, 11) is 4.43. The van der Waals surface area contributed by atoms with Gasteiger partial charge in [-0.15, -0.1) is 0 Å². The number of aliphatic hydroxyl groups is 1. The Balaban J connectivity index is 2.56. The molecule has 0 aromatic rings. The van der Waals surface area contributed by atoms with Gasteiger partial charge in [-0.3, -0.25) is 4.79 Å². The standard InChI is InChI=1S/C17H26O5/c1-16(2,3)10-8-7-9-11(12(10)20-4)17(19)14(18)13(21-5)15(17)22-6/h10,19H,7-9H2,1-6H3. The van der Waals surface area contributed by atoms with E-state index in [1.54, 1.807) is 7.11 Å². The maximum atomic E-state index is 12.4. The van der Waals surface area contributed by atoms with Gasteiger partial charge in [0.2, 0.25) is 17.1 Å². The van der Waals surface area contributed by atoms with E-state index >= 15 is 0 Å². The summed E-state index contributed by atoms with van der Waals surface area (Å²) < 4.78 is 15.9. The van der Waals surface area contributed by atoms with Crippen molar-refractivity contribution < 1.29 is 24.1 Å². The van der Waals surface area contributed by atoms with Crippen molar-refractivity contribution in [3.63, 3.8) is 0 Å². The van der Waals surface area contributed by atoms with Crippen LogP contribution in [0.15, 0.2) is 22.9 Å². The number of methoxy groups -OCH3 is 3. The van der Waals surface area contributed by atoms with Crippen molar-refractivity contribution in [2.45, 2.75) is 45.6 Å². The Kier molecular flexibility index (Phi) is 4.30. The average Bonchev–Trinajstić information content (AvgIpc) is 2.49. The number of ether oxygens (including phenoxy) is 3. The fourth-order valence-corrected chi connectivity index (χ4v) is 3.57. The number of hydrogen-bond donors (Lipinski definition) is 1. The molecular weight excluding hydrogens is 284 g/mol. The van der Waals surface area contributed by atoms with Crippen LogP contribution in [0.2, 0.25) is 0 Å². The van der Waals surface area contributed by atoms with E-state index in [0.717, 1.165) is 12.8 Å². The lowest BCUT2D eigenvalue weighted by Gasteiger charge is -2.44. The Labute approximate surface area is 131 Å². The van der Waals surface area contributed by atoms with Crippen LogP contribution in [-0.4, -0.2) is 37.8 Å². The molecule has 22 heavy (non-hydrogen) atoms. The van der Waals surface area contributed by atoms with Crippen LogP contribution < -0.4 is 0 Å². The van der Waals surface area contributed by atoms with Crippen molar-refractivity contribution >= 4 is 5.78 Å². The smallest absolute Gasteiger partial charge is 0.244 e. The molecule has 0 saturated heterocycles. The number of allylic oxidation sites excluding steroid dienone is 1. The fourth-order valence-electron chi connectivity index (χ4n) is 3.57. The average molecular weight is 310 g/mol. The van der Waals surface area contributed by atoms with Gasteiger partial charge in [0.1, 0.15) is 5.76 Å². The first-order chi connectivity index (χ1) is 10.2. The molecule has 0 aromatic heterocycles. The maximum Gasteiger partial charge on any atom is 0.244 e. The highest BCUT2D eigenvalue weighted by Gasteiger charge is 2.60. The minimum Gasteiger partial charge on any atom is -0.501 e. The van der Waals surface area contributed by atoms with Gasteiger partial charge in [-0.25, -0.2) is 0 Å². The van der Waals surface area contributed by atoms with Gasteiger partial charge in [0.25, 0.3) is 0 Å². The Morgan fingerprint density at radius 3 is 2.23 bits per heavy atom. The quantitative estimate of drug-likeness (QED) is 0.864. The predicted octanol–water partition coefficient (Wildman–Crippen LogP) is 2.55. The molecule has 0 amide bonds. The summed E-state index contributed by atoms with van der Waals surface area (Å²) in [5.41, 5.74) is -1.14.